The van der Waals surface area contributed by atoms with Gasteiger partial charge in [-0.1, -0.05) is 12.5 Å². The van der Waals surface area contributed by atoms with E-state index in [1.165, 1.54) is 54.3 Å². The molecule has 8 nitrogen and oxygen atoms in total. The van der Waals surface area contributed by atoms with Crippen molar-refractivity contribution in [2.45, 2.75) is 70.4 Å². The number of nitrogens with two attached hydrogens (primary N) is 1. The molecule has 4 unspecified atom stereocenters. The number of thiophene rings is 1. The van der Waals surface area contributed by atoms with Gasteiger partial charge in [-0.25, -0.2) is 4.98 Å². The molecule has 2 bridgehead atoms. The molecule has 2 fully saturated rings. The third-order valence-corrected chi connectivity index (χ3v) is 9.81. The predicted molar refractivity (Wildman–Crippen MR) is 149 cm³/mol. The van der Waals surface area contributed by atoms with Crippen molar-refractivity contribution in [3.8, 4) is 5.82 Å². The molecule has 2 saturated carbocycles. The lowest BCUT2D eigenvalue weighted by molar-refractivity contribution is 0.304. The Labute approximate surface area is 225 Å². The van der Waals surface area contributed by atoms with E-state index in [9.17, 15) is 0 Å². The molecule has 0 saturated heterocycles. The molecule has 0 spiro atoms. The molecule has 10 heteroatoms. The quantitative estimate of drug-likeness (QED) is 0.226. The van der Waals surface area contributed by atoms with Crippen molar-refractivity contribution < 1.29 is 0 Å². The van der Waals surface area contributed by atoms with E-state index in [0.717, 1.165) is 52.2 Å². The molecule has 0 aliphatic heterocycles. The standard InChI is InChI=1S/C27H31ClN8S/c1-14-13-37-23-22(14)32-25(28)33-24(23)36-26(29)34-27(35-36)31-20-9-5-16-4-7-19(8-6-17(16)12-20)30-21-11-15-2-3-18(21)10-15/h5,9,12-13,15,18-19,21,30H,2-4,6-8,10-11H2,1H3,(H3,29,31,34,35). The van der Waals surface area contributed by atoms with E-state index in [1.807, 2.05) is 12.3 Å². The maximum atomic E-state index is 6.25. The van der Waals surface area contributed by atoms with Gasteiger partial charge in [0.15, 0.2) is 5.82 Å². The second-order valence-corrected chi connectivity index (χ2v) is 12.2. The monoisotopic (exact) mass is 534 g/mol. The Morgan fingerprint density at radius 3 is 2.73 bits per heavy atom. The van der Waals surface area contributed by atoms with Crippen LogP contribution in [0.25, 0.3) is 16.0 Å². The first-order chi connectivity index (χ1) is 18.0. The van der Waals surface area contributed by atoms with Gasteiger partial charge in [0.2, 0.25) is 17.2 Å². The van der Waals surface area contributed by atoms with Crippen LogP contribution in [0, 0.1) is 18.8 Å². The number of aryl methyl sites for hydroxylation is 3. The largest absolute Gasteiger partial charge is 0.368 e. The third-order valence-electron chi connectivity index (χ3n) is 8.55. The highest BCUT2D eigenvalue weighted by Gasteiger charge is 2.40. The minimum Gasteiger partial charge on any atom is -0.368 e. The van der Waals surface area contributed by atoms with Crippen LogP contribution in [0.4, 0.5) is 17.6 Å². The zero-order chi connectivity index (χ0) is 25.1. The summed E-state index contributed by atoms with van der Waals surface area (Å²) in [5.74, 6) is 3.12. The normalized spacial score (nSPS) is 24.9. The summed E-state index contributed by atoms with van der Waals surface area (Å²) in [6.45, 7) is 2.00. The van der Waals surface area contributed by atoms with Crippen LogP contribution in [0.15, 0.2) is 23.6 Å². The van der Waals surface area contributed by atoms with Gasteiger partial charge >= 0.3 is 0 Å². The number of benzene rings is 1. The van der Waals surface area contributed by atoms with Crippen molar-refractivity contribution in [3.05, 3.63) is 45.6 Å². The molecule has 3 aliphatic rings. The van der Waals surface area contributed by atoms with Crippen molar-refractivity contribution in [3.63, 3.8) is 0 Å². The predicted octanol–water partition coefficient (Wildman–Crippen LogP) is 5.59. The number of fused-ring (bicyclic) bond motifs is 4. The number of halogens is 1. The van der Waals surface area contributed by atoms with Crippen molar-refractivity contribution in [2.75, 3.05) is 11.1 Å². The Hall–Kier alpha value is -2.75. The van der Waals surface area contributed by atoms with Crippen molar-refractivity contribution >= 4 is 50.7 Å². The van der Waals surface area contributed by atoms with Gasteiger partial charge in [-0.3, -0.25) is 0 Å². The second-order valence-electron chi connectivity index (χ2n) is 10.9. The molecule has 7 rings (SSSR count). The van der Waals surface area contributed by atoms with Gasteiger partial charge in [-0.2, -0.15) is 14.6 Å². The number of nitrogens with one attached hydrogen (secondary N) is 2. The van der Waals surface area contributed by atoms with Crippen LogP contribution in [0.2, 0.25) is 5.28 Å². The Morgan fingerprint density at radius 2 is 1.92 bits per heavy atom. The van der Waals surface area contributed by atoms with Gasteiger partial charge < -0.3 is 16.4 Å². The molecule has 0 radical (unpaired) electrons. The topological polar surface area (TPSA) is 107 Å². The number of aromatic nitrogens is 5. The minimum absolute atomic E-state index is 0.160. The van der Waals surface area contributed by atoms with Crippen molar-refractivity contribution in [1.82, 2.24) is 30.0 Å². The highest BCUT2D eigenvalue weighted by Crippen LogP contribution is 2.45. The smallest absolute Gasteiger partial charge is 0.248 e. The molecule has 37 heavy (non-hydrogen) atoms. The fourth-order valence-electron chi connectivity index (χ4n) is 6.70. The first-order valence-electron chi connectivity index (χ1n) is 13.3. The Bertz CT molecular complexity index is 1480. The lowest BCUT2D eigenvalue weighted by atomic mass is 9.94. The average Bonchev–Trinajstić information content (AvgIpc) is 3.64. The molecule has 0 amide bonds. The summed E-state index contributed by atoms with van der Waals surface area (Å²) in [7, 11) is 0. The number of rotatable bonds is 5. The lowest BCUT2D eigenvalue weighted by Gasteiger charge is -2.28. The number of hydrogen-bond donors (Lipinski definition) is 3. The highest BCUT2D eigenvalue weighted by atomic mass is 35.5. The molecule has 192 valence electrons. The van der Waals surface area contributed by atoms with E-state index in [0.29, 0.717) is 17.8 Å². The summed E-state index contributed by atoms with van der Waals surface area (Å²) in [6.07, 6.45) is 10.4. The van der Waals surface area contributed by atoms with E-state index in [1.54, 1.807) is 11.3 Å². The van der Waals surface area contributed by atoms with Crippen LogP contribution in [0.1, 0.15) is 55.2 Å². The molecular weight excluding hydrogens is 504 g/mol. The Morgan fingerprint density at radius 1 is 1.05 bits per heavy atom. The van der Waals surface area contributed by atoms with E-state index < -0.39 is 0 Å². The lowest BCUT2D eigenvalue weighted by Crippen LogP contribution is -2.41. The molecule has 4 aromatic rings. The zero-order valence-corrected chi connectivity index (χ0v) is 22.4. The molecular formula is C27H31ClN8S. The van der Waals surface area contributed by atoms with E-state index in [4.69, 9.17) is 17.3 Å². The van der Waals surface area contributed by atoms with E-state index in [-0.39, 0.29) is 11.2 Å². The summed E-state index contributed by atoms with van der Waals surface area (Å²) >= 11 is 7.75. The fourth-order valence-corrected chi connectivity index (χ4v) is 7.83. The molecule has 3 heterocycles. The van der Waals surface area contributed by atoms with Gasteiger partial charge in [0.1, 0.15) is 0 Å². The second kappa shape index (κ2) is 9.22. The molecule has 3 aliphatic carbocycles. The number of anilines is 3. The highest BCUT2D eigenvalue weighted by molar-refractivity contribution is 7.17. The van der Waals surface area contributed by atoms with Crippen LogP contribution >= 0.6 is 22.9 Å². The minimum atomic E-state index is 0.160. The summed E-state index contributed by atoms with van der Waals surface area (Å²) < 4.78 is 2.41. The average molecular weight is 535 g/mol. The number of nitrogen functional groups attached to an aromatic ring is 1. The number of hydrogen-bond acceptors (Lipinski definition) is 8. The number of nitrogens with zero attached hydrogens (tertiary/aromatic N) is 5. The molecule has 1 aromatic carbocycles. The van der Waals surface area contributed by atoms with E-state index in [2.05, 4.69) is 48.9 Å². The van der Waals surface area contributed by atoms with Crippen LogP contribution in [0.5, 0.6) is 0 Å². The molecule has 3 aromatic heterocycles. The van der Waals surface area contributed by atoms with Gasteiger partial charge in [0, 0.05) is 17.8 Å². The maximum absolute atomic E-state index is 6.25. The Kier molecular flexibility index (Phi) is 5.82. The SMILES string of the molecule is Cc1csc2c(-n3nc(Nc4ccc5c(c4)CCC(NC4CC6CCC4C6)CC5)nc3N)nc(Cl)nc12. The third kappa shape index (κ3) is 4.36. The fraction of sp³-hybridized carbons (Fsp3) is 0.481. The van der Waals surface area contributed by atoms with Crippen molar-refractivity contribution in [1.29, 1.82) is 0 Å². The summed E-state index contributed by atoms with van der Waals surface area (Å²) in [4.78, 5) is 13.2. The summed E-state index contributed by atoms with van der Waals surface area (Å²) in [6, 6.07) is 7.97. The van der Waals surface area contributed by atoms with Crippen LogP contribution in [0.3, 0.4) is 0 Å². The van der Waals surface area contributed by atoms with Gasteiger partial charge in [0.05, 0.1) is 10.2 Å². The summed E-state index contributed by atoms with van der Waals surface area (Å²) in [5.41, 5.74) is 11.9. The first kappa shape index (κ1) is 23.4. The molecule has 4 N–H and O–H groups in total. The van der Waals surface area contributed by atoms with Gasteiger partial charge in [-0.15, -0.1) is 16.4 Å². The van der Waals surface area contributed by atoms with E-state index >= 15 is 0 Å². The Balaban J connectivity index is 1.08. The first-order valence-corrected chi connectivity index (χ1v) is 14.5. The van der Waals surface area contributed by atoms with Crippen LogP contribution in [-0.4, -0.2) is 36.8 Å². The summed E-state index contributed by atoms with van der Waals surface area (Å²) in [5, 5.41) is 14.2. The maximum Gasteiger partial charge on any atom is 0.248 e. The van der Waals surface area contributed by atoms with Crippen LogP contribution in [-0.2, 0) is 12.8 Å². The molecule has 4 atom stereocenters. The van der Waals surface area contributed by atoms with Crippen molar-refractivity contribution in [2.24, 2.45) is 11.8 Å². The zero-order valence-electron chi connectivity index (χ0n) is 20.9. The van der Waals surface area contributed by atoms with Gasteiger partial charge in [-0.05, 0) is 110 Å². The van der Waals surface area contributed by atoms with Crippen LogP contribution < -0.4 is 16.4 Å². The van der Waals surface area contributed by atoms with Gasteiger partial charge in [0.25, 0.3) is 0 Å².